The lowest BCUT2D eigenvalue weighted by molar-refractivity contribution is -0.137. The molecule has 1 N–H and O–H groups in total. The highest BCUT2D eigenvalue weighted by Crippen LogP contribution is 2.06. The molecule has 0 aliphatic rings. The molecule has 0 heterocycles. The number of carboxylic acid groups (broad SMARTS) is 1. The normalized spacial score (nSPS) is 13.2. The largest absolute Gasteiger partial charge is 0.481 e. The van der Waals surface area contributed by atoms with Gasteiger partial charge in [0.05, 0.1) is 6.10 Å². The van der Waals surface area contributed by atoms with Crippen molar-refractivity contribution >= 4 is 5.97 Å². The lowest BCUT2D eigenvalue weighted by Gasteiger charge is -2.16. The fourth-order valence-corrected chi connectivity index (χ4v) is 0.840. The van der Waals surface area contributed by atoms with Gasteiger partial charge in [-0.05, 0) is 25.7 Å². The molecule has 0 saturated heterocycles. The first-order valence-corrected chi connectivity index (χ1v) is 4.87. The molecular weight excluding hydrogens is 168 g/mol. The average molecular weight is 188 g/mol. The van der Waals surface area contributed by atoms with Crippen molar-refractivity contribution in [3.8, 4) is 0 Å². The van der Waals surface area contributed by atoms with Gasteiger partial charge in [0.25, 0.3) is 0 Å². The van der Waals surface area contributed by atoms with Gasteiger partial charge in [0.2, 0.25) is 0 Å². The van der Waals surface area contributed by atoms with E-state index in [4.69, 9.17) is 9.84 Å². The van der Waals surface area contributed by atoms with Crippen LogP contribution in [0.2, 0.25) is 0 Å². The standard InChI is InChI=1S/C10H20O3/c1-8(2)9(3)13-7-5-4-6-10(11)12/h8-9H,4-7H2,1-3H3,(H,11,12). The van der Waals surface area contributed by atoms with Crippen molar-refractivity contribution in [3.05, 3.63) is 0 Å². The van der Waals surface area contributed by atoms with Crippen LogP contribution in [0.5, 0.6) is 0 Å². The Balaban J connectivity index is 3.21. The molecule has 78 valence electrons. The molecule has 0 rings (SSSR count). The lowest BCUT2D eigenvalue weighted by Crippen LogP contribution is -2.16. The summed E-state index contributed by atoms with van der Waals surface area (Å²) in [6, 6.07) is 0. The zero-order valence-electron chi connectivity index (χ0n) is 8.75. The highest BCUT2D eigenvalue weighted by molar-refractivity contribution is 5.66. The number of carboxylic acids is 1. The molecule has 0 aromatic heterocycles. The van der Waals surface area contributed by atoms with E-state index in [1.54, 1.807) is 0 Å². The van der Waals surface area contributed by atoms with Crippen molar-refractivity contribution in [1.29, 1.82) is 0 Å². The van der Waals surface area contributed by atoms with Crippen molar-refractivity contribution < 1.29 is 14.6 Å². The van der Waals surface area contributed by atoms with Gasteiger partial charge < -0.3 is 9.84 Å². The lowest BCUT2D eigenvalue weighted by atomic mass is 10.1. The van der Waals surface area contributed by atoms with Crippen LogP contribution in [0, 0.1) is 5.92 Å². The molecule has 0 aromatic carbocycles. The first kappa shape index (κ1) is 12.4. The van der Waals surface area contributed by atoms with Crippen molar-refractivity contribution in [1.82, 2.24) is 0 Å². The highest BCUT2D eigenvalue weighted by Gasteiger charge is 2.06. The second-order valence-corrected chi connectivity index (χ2v) is 3.67. The van der Waals surface area contributed by atoms with Gasteiger partial charge in [0.15, 0.2) is 0 Å². The molecule has 0 spiro atoms. The summed E-state index contributed by atoms with van der Waals surface area (Å²) in [5, 5.41) is 8.37. The Bertz CT molecular complexity index is 143. The molecule has 1 atom stereocenters. The number of aliphatic carboxylic acids is 1. The zero-order valence-corrected chi connectivity index (χ0v) is 8.75. The zero-order chi connectivity index (χ0) is 10.3. The van der Waals surface area contributed by atoms with Crippen molar-refractivity contribution in [2.24, 2.45) is 5.92 Å². The van der Waals surface area contributed by atoms with Crippen LogP contribution >= 0.6 is 0 Å². The maximum Gasteiger partial charge on any atom is 0.303 e. The Morgan fingerprint density at radius 3 is 2.38 bits per heavy atom. The van der Waals surface area contributed by atoms with E-state index in [0.717, 1.165) is 6.42 Å². The maximum atomic E-state index is 10.2. The van der Waals surface area contributed by atoms with E-state index in [1.807, 2.05) is 6.92 Å². The minimum absolute atomic E-state index is 0.249. The average Bonchev–Trinajstić information content (AvgIpc) is 2.02. The van der Waals surface area contributed by atoms with Crippen molar-refractivity contribution in [2.45, 2.75) is 46.1 Å². The van der Waals surface area contributed by atoms with Crippen LogP contribution < -0.4 is 0 Å². The second kappa shape index (κ2) is 6.89. The highest BCUT2D eigenvalue weighted by atomic mass is 16.5. The fraction of sp³-hybridized carbons (Fsp3) is 0.900. The van der Waals surface area contributed by atoms with E-state index in [9.17, 15) is 4.79 Å². The molecule has 0 saturated carbocycles. The summed E-state index contributed by atoms with van der Waals surface area (Å²) < 4.78 is 5.49. The quantitative estimate of drug-likeness (QED) is 0.623. The van der Waals surface area contributed by atoms with E-state index in [0.29, 0.717) is 18.9 Å². The number of hydrogen-bond donors (Lipinski definition) is 1. The minimum atomic E-state index is -0.725. The Kier molecular flexibility index (Phi) is 6.59. The van der Waals surface area contributed by atoms with Crippen molar-refractivity contribution in [3.63, 3.8) is 0 Å². The first-order valence-electron chi connectivity index (χ1n) is 4.87. The van der Waals surface area contributed by atoms with Crippen LogP contribution in [0.3, 0.4) is 0 Å². The van der Waals surface area contributed by atoms with Crippen LogP contribution in [0.25, 0.3) is 0 Å². The van der Waals surface area contributed by atoms with Gasteiger partial charge in [-0.25, -0.2) is 0 Å². The van der Waals surface area contributed by atoms with Crippen LogP contribution in [-0.2, 0) is 9.53 Å². The van der Waals surface area contributed by atoms with Crippen LogP contribution in [0.4, 0.5) is 0 Å². The predicted molar refractivity (Wildman–Crippen MR) is 51.7 cm³/mol. The number of hydrogen-bond acceptors (Lipinski definition) is 2. The number of ether oxygens (including phenoxy) is 1. The number of unbranched alkanes of at least 4 members (excludes halogenated alkanes) is 1. The van der Waals surface area contributed by atoms with E-state index >= 15 is 0 Å². The summed E-state index contributed by atoms with van der Waals surface area (Å²) >= 11 is 0. The van der Waals surface area contributed by atoms with Crippen LogP contribution in [-0.4, -0.2) is 23.8 Å². The SMILES string of the molecule is CC(C)C(C)OCCCCC(=O)O. The van der Waals surface area contributed by atoms with Crippen LogP contribution in [0.15, 0.2) is 0 Å². The van der Waals surface area contributed by atoms with Gasteiger partial charge in [-0.15, -0.1) is 0 Å². The van der Waals surface area contributed by atoms with Gasteiger partial charge in [-0.3, -0.25) is 4.79 Å². The first-order chi connectivity index (χ1) is 6.04. The molecule has 1 unspecified atom stereocenters. The van der Waals surface area contributed by atoms with E-state index in [-0.39, 0.29) is 12.5 Å². The summed E-state index contributed by atoms with van der Waals surface area (Å²) in [6.45, 7) is 6.94. The molecule has 0 fully saturated rings. The number of rotatable bonds is 7. The van der Waals surface area contributed by atoms with Crippen LogP contribution in [0.1, 0.15) is 40.0 Å². The third-order valence-electron chi connectivity index (χ3n) is 2.10. The summed E-state index contributed by atoms with van der Waals surface area (Å²) in [7, 11) is 0. The van der Waals surface area contributed by atoms with Gasteiger partial charge in [-0.2, -0.15) is 0 Å². The van der Waals surface area contributed by atoms with Gasteiger partial charge >= 0.3 is 5.97 Å². The molecule has 0 aliphatic heterocycles. The smallest absolute Gasteiger partial charge is 0.303 e. The van der Waals surface area contributed by atoms with Gasteiger partial charge in [0.1, 0.15) is 0 Å². The summed E-state index contributed by atoms with van der Waals surface area (Å²) in [4.78, 5) is 10.2. The molecule has 3 heteroatoms. The Morgan fingerprint density at radius 2 is 1.92 bits per heavy atom. The van der Waals surface area contributed by atoms with E-state index in [2.05, 4.69) is 13.8 Å². The van der Waals surface area contributed by atoms with Gasteiger partial charge in [-0.1, -0.05) is 13.8 Å². The third kappa shape index (κ3) is 7.78. The Morgan fingerprint density at radius 1 is 1.31 bits per heavy atom. The minimum Gasteiger partial charge on any atom is -0.481 e. The van der Waals surface area contributed by atoms with E-state index in [1.165, 1.54) is 0 Å². The topological polar surface area (TPSA) is 46.5 Å². The molecule has 13 heavy (non-hydrogen) atoms. The summed E-state index contributed by atoms with van der Waals surface area (Å²) in [6.07, 6.45) is 2.06. The predicted octanol–water partition coefficient (Wildman–Crippen LogP) is 2.30. The molecular formula is C10H20O3. The summed E-state index contributed by atoms with van der Waals surface area (Å²) in [5.41, 5.74) is 0. The molecule has 0 bridgehead atoms. The molecule has 0 amide bonds. The third-order valence-corrected chi connectivity index (χ3v) is 2.10. The molecule has 0 aliphatic carbocycles. The molecule has 0 radical (unpaired) electrons. The van der Waals surface area contributed by atoms with Gasteiger partial charge in [0, 0.05) is 13.0 Å². The van der Waals surface area contributed by atoms with E-state index < -0.39 is 5.97 Å². The Labute approximate surface area is 80.1 Å². The molecule has 3 nitrogen and oxygen atoms in total. The monoisotopic (exact) mass is 188 g/mol. The number of carbonyl (C=O) groups is 1. The summed E-state index contributed by atoms with van der Waals surface area (Å²) in [5.74, 6) is -0.198. The molecule has 0 aromatic rings. The fourth-order valence-electron chi connectivity index (χ4n) is 0.840. The second-order valence-electron chi connectivity index (χ2n) is 3.67. The van der Waals surface area contributed by atoms with Crippen molar-refractivity contribution in [2.75, 3.05) is 6.61 Å². The Hall–Kier alpha value is -0.570. The maximum absolute atomic E-state index is 10.2.